The molecule has 2 aromatic heterocycles. The van der Waals surface area contributed by atoms with E-state index < -0.39 is 12.3 Å². The van der Waals surface area contributed by atoms with Crippen LogP contribution >= 0.6 is 24.2 Å². The van der Waals surface area contributed by atoms with Gasteiger partial charge in [0.1, 0.15) is 5.75 Å². The van der Waals surface area contributed by atoms with Crippen molar-refractivity contribution < 1.29 is 22.7 Å². The first-order valence-electron chi connectivity index (χ1n) is 8.10. The second-order valence-corrected chi connectivity index (χ2v) is 7.47. The van der Waals surface area contributed by atoms with Crippen molar-refractivity contribution in [3.63, 3.8) is 0 Å². The molecule has 2 heterocycles. The Kier molecular flexibility index (Phi) is 4.74. The third-order valence-electron chi connectivity index (χ3n) is 3.89. The van der Waals surface area contributed by atoms with Crippen molar-refractivity contribution in [2.24, 2.45) is 5.73 Å². The molecule has 0 unspecified atom stereocenters. The zero-order valence-corrected chi connectivity index (χ0v) is 16.1. The molecule has 4 rings (SSSR count). The van der Waals surface area contributed by atoms with Gasteiger partial charge in [-0.05, 0) is 29.8 Å². The van der Waals surface area contributed by atoms with E-state index in [1.807, 2.05) is 0 Å². The zero-order chi connectivity index (χ0) is 20.8. The van der Waals surface area contributed by atoms with Crippen LogP contribution in [0.5, 0.6) is 5.75 Å². The maximum atomic E-state index is 12.4. The SMILES string of the molecule is NC(=O)Cc1ccc2nc(Nc3nc4ccc(OC(F)(F)F)cc4s3)n(S)c2c1. The Morgan fingerprint density at radius 3 is 2.69 bits per heavy atom. The number of nitrogens with one attached hydrogen (secondary N) is 1. The van der Waals surface area contributed by atoms with Gasteiger partial charge in [0.15, 0.2) is 5.13 Å². The molecule has 0 saturated carbocycles. The fraction of sp³-hybridized carbons (Fsp3) is 0.118. The molecule has 0 aliphatic rings. The molecule has 4 aromatic rings. The number of hydrogen-bond acceptors (Lipinski definition) is 7. The number of anilines is 2. The number of nitrogens with two attached hydrogens (primary N) is 1. The van der Waals surface area contributed by atoms with Crippen molar-refractivity contribution in [1.29, 1.82) is 0 Å². The Morgan fingerprint density at radius 2 is 1.97 bits per heavy atom. The Bertz CT molecular complexity index is 1240. The number of rotatable bonds is 5. The summed E-state index contributed by atoms with van der Waals surface area (Å²) in [6.07, 6.45) is -4.67. The third kappa shape index (κ3) is 4.22. The number of halogens is 3. The highest BCUT2D eigenvalue weighted by atomic mass is 32.1. The summed E-state index contributed by atoms with van der Waals surface area (Å²) in [5.41, 5.74) is 7.76. The molecular formula is C17H12F3N5O2S2. The van der Waals surface area contributed by atoms with Gasteiger partial charge in [-0.2, -0.15) is 0 Å². The molecule has 7 nitrogen and oxygen atoms in total. The average Bonchev–Trinajstić information content (AvgIpc) is 3.14. The van der Waals surface area contributed by atoms with Gasteiger partial charge in [0, 0.05) is 6.07 Å². The number of imidazole rings is 1. The molecule has 29 heavy (non-hydrogen) atoms. The Hall–Kier alpha value is -2.99. The van der Waals surface area contributed by atoms with Crippen LogP contribution in [0.4, 0.5) is 24.3 Å². The molecule has 0 spiro atoms. The van der Waals surface area contributed by atoms with Crippen LogP contribution in [-0.2, 0) is 11.2 Å². The highest BCUT2D eigenvalue weighted by Crippen LogP contribution is 2.33. The van der Waals surface area contributed by atoms with Crippen molar-refractivity contribution in [2.45, 2.75) is 12.8 Å². The maximum absolute atomic E-state index is 12.4. The van der Waals surface area contributed by atoms with Crippen LogP contribution in [0.3, 0.4) is 0 Å². The minimum absolute atomic E-state index is 0.0951. The summed E-state index contributed by atoms with van der Waals surface area (Å²) >= 11 is 5.56. The predicted octanol–water partition coefficient (Wildman–Crippen LogP) is 4.01. The van der Waals surface area contributed by atoms with E-state index in [1.54, 1.807) is 18.2 Å². The number of carbonyl (C=O) groups is 1. The van der Waals surface area contributed by atoms with Crippen LogP contribution in [0.15, 0.2) is 36.4 Å². The van der Waals surface area contributed by atoms with Gasteiger partial charge in [-0.3, -0.25) is 8.77 Å². The van der Waals surface area contributed by atoms with Gasteiger partial charge in [0.05, 0.1) is 27.7 Å². The number of benzene rings is 2. The standard InChI is InChI=1S/C17H12F3N5O2S2/c18-17(19,20)27-9-2-4-11-13(7-9)29-16(23-11)24-15-22-10-3-1-8(6-14(21)26)5-12(10)25(15)28/h1-5,7,28H,6H2,(H2,21,26)(H,22,23,24). The first-order chi connectivity index (χ1) is 13.7. The largest absolute Gasteiger partial charge is 0.573 e. The minimum Gasteiger partial charge on any atom is -0.406 e. The molecule has 0 atom stereocenters. The molecule has 0 bridgehead atoms. The van der Waals surface area contributed by atoms with E-state index in [0.717, 1.165) is 16.9 Å². The summed E-state index contributed by atoms with van der Waals surface area (Å²) in [6, 6.07) is 9.16. The Morgan fingerprint density at radius 1 is 1.21 bits per heavy atom. The fourth-order valence-electron chi connectivity index (χ4n) is 2.75. The van der Waals surface area contributed by atoms with E-state index in [9.17, 15) is 18.0 Å². The van der Waals surface area contributed by atoms with Crippen LogP contribution < -0.4 is 15.8 Å². The fourth-order valence-corrected chi connectivity index (χ4v) is 3.89. The van der Waals surface area contributed by atoms with Crippen molar-refractivity contribution >= 4 is 62.4 Å². The van der Waals surface area contributed by atoms with Gasteiger partial charge in [0.2, 0.25) is 11.9 Å². The molecule has 150 valence electrons. The first kappa shape index (κ1) is 19.3. The number of aromatic nitrogens is 3. The molecular weight excluding hydrogens is 427 g/mol. The van der Waals surface area contributed by atoms with Crippen LogP contribution in [-0.4, -0.2) is 26.2 Å². The van der Waals surface area contributed by atoms with Crippen molar-refractivity contribution in [2.75, 3.05) is 5.32 Å². The van der Waals surface area contributed by atoms with Crippen molar-refractivity contribution in [1.82, 2.24) is 13.9 Å². The van der Waals surface area contributed by atoms with Crippen LogP contribution in [0.2, 0.25) is 0 Å². The van der Waals surface area contributed by atoms with E-state index in [-0.39, 0.29) is 12.2 Å². The minimum atomic E-state index is -4.76. The van der Waals surface area contributed by atoms with Gasteiger partial charge >= 0.3 is 6.36 Å². The lowest BCUT2D eigenvalue weighted by atomic mass is 10.1. The van der Waals surface area contributed by atoms with Crippen molar-refractivity contribution in [3.8, 4) is 5.75 Å². The quantitative estimate of drug-likeness (QED) is 0.409. The number of thiol groups is 1. The lowest BCUT2D eigenvalue weighted by Gasteiger charge is -2.07. The van der Waals surface area contributed by atoms with E-state index in [2.05, 4.69) is 32.8 Å². The van der Waals surface area contributed by atoms with Crippen LogP contribution in [0.25, 0.3) is 21.3 Å². The Balaban J connectivity index is 1.63. The number of primary amides is 1. The molecule has 3 N–H and O–H groups in total. The van der Waals surface area contributed by atoms with Gasteiger partial charge < -0.3 is 15.8 Å². The number of alkyl halides is 3. The van der Waals surface area contributed by atoms with Gasteiger partial charge in [-0.25, -0.2) is 9.97 Å². The number of thiazole rings is 1. The highest BCUT2D eigenvalue weighted by molar-refractivity contribution is 7.79. The molecule has 0 saturated heterocycles. The van der Waals surface area contributed by atoms with Crippen molar-refractivity contribution in [3.05, 3.63) is 42.0 Å². The number of fused-ring (bicyclic) bond motifs is 2. The molecule has 1 amide bonds. The predicted molar refractivity (Wildman–Crippen MR) is 107 cm³/mol. The van der Waals surface area contributed by atoms with Crippen LogP contribution in [0, 0.1) is 0 Å². The summed E-state index contributed by atoms with van der Waals surface area (Å²) in [5, 5.41) is 3.43. The third-order valence-corrected chi connectivity index (χ3v) is 5.22. The average molecular weight is 439 g/mol. The second kappa shape index (κ2) is 7.12. The Labute approximate surface area is 170 Å². The van der Waals surface area contributed by atoms with Gasteiger partial charge in [0.25, 0.3) is 0 Å². The number of nitrogens with zero attached hydrogens (tertiary/aromatic N) is 3. The smallest absolute Gasteiger partial charge is 0.406 e. The van der Waals surface area contributed by atoms with E-state index in [1.165, 1.54) is 22.2 Å². The zero-order valence-electron chi connectivity index (χ0n) is 14.4. The molecule has 2 aromatic carbocycles. The molecule has 0 aliphatic carbocycles. The topological polar surface area (TPSA) is 95.1 Å². The monoisotopic (exact) mass is 439 g/mol. The lowest BCUT2D eigenvalue weighted by Crippen LogP contribution is -2.16. The summed E-state index contributed by atoms with van der Waals surface area (Å²) in [5.74, 6) is -0.398. The maximum Gasteiger partial charge on any atom is 0.573 e. The molecule has 0 radical (unpaired) electrons. The van der Waals surface area contributed by atoms with Gasteiger partial charge in [-0.15, -0.1) is 13.2 Å². The first-order valence-corrected chi connectivity index (χ1v) is 9.32. The van der Waals surface area contributed by atoms with Crippen LogP contribution in [0.1, 0.15) is 5.56 Å². The second-order valence-electron chi connectivity index (χ2n) is 6.03. The lowest BCUT2D eigenvalue weighted by molar-refractivity contribution is -0.274. The number of amides is 1. The highest BCUT2D eigenvalue weighted by Gasteiger charge is 2.31. The van der Waals surface area contributed by atoms with E-state index >= 15 is 0 Å². The summed E-state index contributed by atoms with van der Waals surface area (Å²) < 4.78 is 43.1. The molecule has 12 heteroatoms. The number of carbonyl (C=O) groups excluding carboxylic acids is 1. The normalized spacial score (nSPS) is 11.9. The number of ether oxygens (including phenoxy) is 1. The number of hydrogen-bond donors (Lipinski definition) is 3. The summed E-state index contributed by atoms with van der Waals surface area (Å²) in [6.45, 7) is 0. The van der Waals surface area contributed by atoms with E-state index in [0.29, 0.717) is 32.3 Å². The summed E-state index contributed by atoms with van der Waals surface area (Å²) in [7, 11) is 0. The van der Waals surface area contributed by atoms with Gasteiger partial charge in [-0.1, -0.05) is 30.2 Å². The molecule has 0 fully saturated rings. The molecule has 0 aliphatic heterocycles. The summed E-state index contributed by atoms with van der Waals surface area (Å²) in [4.78, 5) is 19.9. The van der Waals surface area contributed by atoms with E-state index in [4.69, 9.17) is 5.73 Å².